The van der Waals surface area contributed by atoms with Crippen molar-refractivity contribution in [3.63, 3.8) is 0 Å². The largest absolute Gasteiger partial charge is 0.394 e. The van der Waals surface area contributed by atoms with Gasteiger partial charge in [0.15, 0.2) is 0 Å². The number of nitrogens with zero attached hydrogens (tertiary/aromatic N) is 1. The summed E-state index contributed by atoms with van der Waals surface area (Å²) in [6.45, 7) is 1.79. The molecule has 1 aromatic carbocycles. The monoisotopic (exact) mass is 260 g/mol. The molecule has 19 heavy (non-hydrogen) atoms. The van der Waals surface area contributed by atoms with Gasteiger partial charge in [0.1, 0.15) is 0 Å². The molecule has 0 radical (unpaired) electrons. The van der Waals surface area contributed by atoms with Crippen LogP contribution in [0.2, 0.25) is 0 Å². The molecule has 1 fully saturated rings. The summed E-state index contributed by atoms with van der Waals surface area (Å²) in [5.74, 6) is 0.0634. The number of hydrogen-bond acceptors (Lipinski definition) is 3. The molecule has 102 valence electrons. The van der Waals surface area contributed by atoms with Crippen molar-refractivity contribution in [1.82, 2.24) is 4.90 Å². The predicted octanol–water partition coefficient (Wildman–Crippen LogP) is 1.64. The topological polar surface area (TPSA) is 52.6 Å². The maximum Gasteiger partial charge on any atom is 0.254 e. The summed E-state index contributed by atoms with van der Waals surface area (Å²) in [6, 6.07) is 5.88. The lowest BCUT2D eigenvalue weighted by Crippen LogP contribution is -2.45. The highest BCUT2D eigenvalue weighted by atomic mass is 16.3. The van der Waals surface area contributed by atoms with Gasteiger partial charge < -0.3 is 15.3 Å². The number of hydrogen-bond donors (Lipinski definition) is 2. The number of piperidine rings is 1. The van der Waals surface area contributed by atoms with Crippen LogP contribution in [0.4, 0.5) is 5.69 Å². The van der Waals surface area contributed by atoms with Gasteiger partial charge in [-0.15, -0.1) is 0 Å². The normalized spacial score (nSPS) is 21.9. The second kappa shape index (κ2) is 5.21. The van der Waals surface area contributed by atoms with E-state index in [1.807, 2.05) is 23.1 Å². The molecule has 0 spiro atoms. The van der Waals surface area contributed by atoms with E-state index in [-0.39, 0.29) is 18.6 Å². The van der Waals surface area contributed by atoms with Gasteiger partial charge in [0.05, 0.1) is 12.6 Å². The lowest BCUT2D eigenvalue weighted by atomic mass is 10.0. The zero-order valence-corrected chi connectivity index (χ0v) is 11.1. The minimum Gasteiger partial charge on any atom is -0.394 e. The highest BCUT2D eigenvalue weighted by Gasteiger charge is 2.27. The van der Waals surface area contributed by atoms with Crippen molar-refractivity contribution >= 4 is 11.6 Å². The van der Waals surface area contributed by atoms with E-state index >= 15 is 0 Å². The Bertz CT molecular complexity index is 487. The van der Waals surface area contributed by atoms with Gasteiger partial charge in [0.2, 0.25) is 0 Å². The van der Waals surface area contributed by atoms with Crippen molar-refractivity contribution in [2.75, 3.05) is 25.0 Å². The average molecular weight is 260 g/mol. The molecule has 0 bridgehead atoms. The zero-order valence-electron chi connectivity index (χ0n) is 11.1. The average Bonchev–Trinajstić information content (AvgIpc) is 2.93. The van der Waals surface area contributed by atoms with Crippen LogP contribution in [0.3, 0.4) is 0 Å². The van der Waals surface area contributed by atoms with Crippen LogP contribution in [-0.4, -0.2) is 41.7 Å². The number of benzene rings is 1. The Labute approximate surface area is 113 Å². The molecule has 1 amide bonds. The van der Waals surface area contributed by atoms with E-state index in [1.165, 1.54) is 5.56 Å². The Morgan fingerprint density at radius 3 is 3.16 bits per heavy atom. The molecule has 1 atom stereocenters. The van der Waals surface area contributed by atoms with Crippen LogP contribution in [-0.2, 0) is 6.42 Å². The molecule has 4 heteroatoms. The van der Waals surface area contributed by atoms with E-state index in [9.17, 15) is 9.90 Å². The fourth-order valence-corrected chi connectivity index (χ4v) is 3.06. The molecule has 0 aliphatic carbocycles. The Morgan fingerprint density at radius 2 is 2.32 bits per heavy atom. The number of amides is 1. The summed E-state index contributed by atoms with van der Waals surface area (Å²) in [5.41, 5.74) is 3.13. The van der Waals surface area contributed by atoms with Gasteiger partial charge in [-0.3, -0.25) is 4.79 Å². The highest BCUT2D eigenvalue weighted by molar-refractivity contribution is 5.95. The van der Waals surface area contributed by atoms with Crippen LogP contribution in [0.5, 0.6) is 0 Å². The molecular weight excluding hydrogens is 240 g/mol. The summed E-state index contributed by atoms with van der Waals surface area (Å²) in [5, 5.41) is 12.7. The van der Waals surface area contributed by atoms with E-state index in [0.717, 1.165) is 50.0 Å². The maximum absolute atomic E-state index is 12.6. The van der Waals surface area contributed by atoms with Gasteiger partial charge in [-0.05, 0) is 49.4 Å². The molecule has 0 saturated carbocycles. The molecule has 1 unspecified atom stereocenters. The number of fused-ring (bicyclic) bond motifs is 1. The molecule has 0 aromatic heterocycles. The second-order valence-electron chi connectivity index (χ2n) is 5.38. The van der Waals surface area contributed by atoms with E-state index in [1.54, 1.807) is 0 Å². The highest BCUT2D eigenvalue weighted by Crippen LogP contribution is 2.25. The molecular formula is C15H20N2O2. The fourth-order valence-electron chi connectivity index (χ4n) is 3.06. The summed E-state index contributed by atoms with van der Waals surface area (Å²) in [6.07, 6.45) is 4.03. The van der Waals surface area contributed by atoms with Gasteiger partial charge in [0, 0.05) is 24.3 Å². The van der Waals surface area contributed by atoms with Crippen molar-refractivity contribution in [2.24, 2.45) is 0 Å². The number of likely N-dealkylation sites (tertiary alicyclic amines) is 1. The SMILES string of the molecule is O=C(c1ccc2c(c1)CCN2)N1CCCCC1CO. The van der Waals surface area contributed by atoms with Gasteiger partial charge in [0.25, 0.3) is 5.91 Å². The number of carbonyl (C=O) groups is 1. The predicted molar refractivity (Wildman–Crippen MR) is 74.4 cm³/mol. The van der Waals surface area contributed by atoms with E-state index in [2.05, 4.69) is 5.32 Å². The third-order valence-electron chi connectivity index (χ3n) is 4.16. The van der Waals surface area contributed by atoms with Gasteiger partial charge >= 0.3 is 0 Å². The molecule has 1 aromatic rings. The van der Waals surface area contributed by atoms with E-state index in [0.29, 0.717) is 0 Å². The van der Waals surface area contributed by atoms with Gasteiger partial charge in [-0.2, -0.15) is 0 Å². The van der Waals surface area contributed by atoms with Crippen LogP contribution >= 0.6 is 0 Å². The first-order chi connectivity index (χ1) is 9.29. The van der Waals surface area contributed by atoms with Crippen LogP contribution in [0.25, 0.3) is 0 Å². The molecule has 2 aliphatic heterocycles. The zero-order chi connectivity index (χ0) is 13.2. The van der Waals surface area contributed by atoms with Gasteiger partial charge in [-0.25, -0.2) is 0 Å². The van der Waals surface area contributed by atoms with Crippen LogP contribution < -0.4 is 5.32 Å². The van der Waals surface area contributed by atoms with Crippen molar-refractivity contribution < 1.29 is 9.90 Å². The molecule has 3 rings (SSSR count). The Hall–Kier alpha value is -1.55. The van der Waals surface area contributed by atoms with Crippen molar-refractivity contribution in [2.45, 2.75) is 31.7 Å². The smallest absolute Gasteiger partial charge is 0.254 e. The van der Waals surface area contributed by atoms with Crippen LogP contribution in [0.15, 0.2) is 18.2 Å². The fraction of sp³-hybridized carbons (Fsp3) is 0.533. The summed E-state index contributed by atoms with van der Waals surface area (Å²) in [7, 11) is 0. The van der Waals surface area contributed by atoms with Crippen molar-refractivity contribution in [3.05, 3.63) is 29.3 Å². The number of carbonyl (C=O) groups excluding carboxylic acids is 1. The second-order valence-corrected chi connectivity index (χ2v) is 5.38. The minimum absolute atomic E-state index is 0.00682. The van der Waals surface area contributed by atoms with Crippen LogP contribution in [0.1, 0.15) is 35.2 Å². The van der Waals surface area contributed by atoms with E-state index in [4.69, 9.17) is 0 Å². The molecule has 2 N–H and O–H groups in total. The first kappa shape index (κ1) is 12.5. The number of rotatable bonds is 2. The summed E-state index contributed by atoms with van der Waals surface area (Å²) < 4.78 is 0. The lowest BCUT2D eigenvalue weighted by Gasteiger charge is -2.34. The maximum atomic E-state index is 12.6. The first-order valence-electron chi connectivity index (χ1n) is 7.08. The Kier molecular flexibility index (Phi) is 3.42. The Morgan fingerprint density at radius 1 is 1.42 bits per heavy atom. The number of anilines is 1. The molecule has 2 heterocycles. The van der Waals surface area contributed by atoms with Crippen molar-refractivity contribution in [1.29, 1.82) is 0 Å². The summed E-state index contributed by atoms with van der Waals surface area (Å²) in [4.78, 5) is 14.4. The molecule has 2 aliphatic rings. The standard InChI is InChI=1S/C15H20N2O2/c18-10-13-3-1-2-8-17(13)15(19)12-4-5-14-11(9-12)6-7-16-14/h4-5,9,13,16,18H,1-3,6-8,10H2. The third kappa shape index (κ3) is 2.32. The Balaban J connectivity index is 1.82. The third-order valence-corrected chi connectivity index (χ3v) is 4.16. The quantitative estimate of drug-likeness (QED) is 0.850. The lowest BCUT2D eigenvalue weighted by molar-refractivity contribution is 0.0503. The molecule has 1 saturated heterocycles. The summed E-state index contributed by atoms with van der Waals surface area (Å²) >= 11 is 0. The number of aliphatic hydroxyl groups is 1. The van der Waals surface area contributed by atoms with E-state index < -0.39 is 0 Å². The van der Waals surface area contributed by atoms with Gasteiger partial charge in [-0.1, -0.05) is 0 Å². The van der Waals surface area contributed by atoms with Crippen molar-refractivity contribution in [3.8, 4) is 0 Å². The van der Waals surface area contributed by atoms with Crippen LogP contribution in [0, 0.1) is 0 Å². The number of aliphatic hydroxyl groups excluding tert-OH is 1. The first-order valence-corrected chi connectivity index (χ1v) is 7.08. The minimum atomic E-state index is -0.00682. The number of nitrogens with one attached hydrogen (secondary N) is 1. The molecule has 4 nitrogen and oxygen atoms in total.